The Labute approximate surface area is 79.5 Å². The number of amides is 1. The molecule has 1 aromatic rings. The van der Waals surface area contributed by atoms with Crippen molar-refractivity contribution in [2.75, 3.05) is 5.32 Å². The Morgan fingerprint density at radius 2 is 1.93 bits per heavy atom. The summed E-state index contributed by atoms with van der Waals surface area (Å²) in [6, 6.07) is 4.19. The fourth-order valence-corrected chi connectivity index (χ4v) is 1.32. The van der Waals surface area contributed by atoms with Gasteiger partial charge in [-0.25, -0.2) is 0 Å². The minimum atomic E-state index is -1.64. The predicted octanol–water partition coefficient (Wildman–Crippen LogP) is -1.50. The van der Waals surface area contributed by atoms with Crippen LogP contribution in [-0.2, 0) is 4.79 Å². The smallest absolute Gasteiger partial charge is 0.423 e. The second-order valence-corrected chi connectivity index (χ2v) is 2.96. The molecule has 6 heteroatoms. The number of nitrogens with one attached hydrogen (secondary N) is 1. The van der Waals surface area contributed by atoms with E-state index in [2.05, 4.69) is 5.32 Å². The molecule has 1 aromatic carbocycles. The van der Waals surface area contributed by atoms with E-state index in [1.807, 2.05) is 0 Å². The Morgan fingerprint density at radius 3 is 2.57 bits per heavy atom. The summed E-state index contributed by atoms with van der Waals surface area (Å²) in [7, 11) is -1.64. The van der Waals surface area contributed by atoms with Crippen molar-refractivity contribution in [1.29, 1.82) is 0 Å². The van der Waals surface area contributed by atoms with Gasteiger partial charge in [0.25, 0.3) is 11.7 Å². The first-order valence-corrected chi connectivity index (χ1v) is 3.95. The summed E-state index contributed by atoms with van der Waals surface area (Å²) in [6.07, 6.45) is 0. The number of fused-ring (bicyclic) bond motifs is 1. The molecule has 0 unspecified atom stereocenters. The van der Waals surface area contributed by atoms with E-state index >= 15 is 0 Å². The van der Waals surface area contributed by atoms with Crippen molar-refractivity contribution in [3.63, 3.8) is 0 Å². The summed E-state index contributed by atoms with van der Waals surface area (Å²) < 4.78 is 0. The third kappa shape index (κ3) is 1.21. The summed E-state index contributed by atoms with van der Waals surface area (Å²) in [6.45, 7) is 0. The number of anilines is 1. The minimum absolute atomic E-state index is 0.181. The maximum atomic E-state index is 11.2. The van der Waals surface area contributed by atoms with Crippen molar-refractivity contribution in [3.8, 4) is 0 Å². The Balaban J connectivity index is 2.51. The first-order valence-electron chi connectivity index (χ1n) is 3.95. The van der Waals surface area contributed by atoms with E-state index in [-0.39, 0.29) is 11.0 Å². The Bertz CT molecular complexity index is 429. The fraction of sp³-hybridized carbons (Fsp3) is 0. The molecule has 1 aliphatic rings. The second-order valence-electron chi connectivity index (χ2n) is 2.96. The highest BCUT2D eigenvalue weighted by Crippen LogP contribution is 2.20. The second kappa shape index (κ2) is 2.93. The molecule has 0 aliphatic carbocycles. The Morgan fingerprint density at radius 1 is 1.21 bits per heavy atom. The Kier molecular flexibility index (Phi) is 1.87. The normalized spacial score (nSPS) is 13.9. The number of hydrogen-bond acceptors (Lipinski definition) is 4. The zero-order valence-corrected chi connectivity index (χ0v) is 7.02. The van der Waals surface area contributed by atoms with E-state index in [0.717, 1.165) is 0 Å². The standard InChI is InChI=1S/C8H6BNO4/c11-7-5-3-4(9(13)14)1-2-6(5)10-8(7)12/h1-3,13-14H,(H,10,11,12). The molecule has 3 N–H and O–H groups in total. The zero-order valence-electron chi connectivity index (χ0n) is 7.02. The maximum absolute atomic E-state index is 11.2. The van der Waals surface area contributed by atoms with Crippen molar-refractivity contribution < 1.29 is 19.6 Å². The molecule has 0 radical (unpaired) electrons. The van der Waals surface area contributed by atoms with E-state index in [1.165, 1.54) is 18.2 Å². The lowest BCUT2D eigenvalue weighted by molar-refractivity contribution is -0.112. The van der Waals surface area contributed by atoms with Gasteiger partial charge in [0.1, 0.15) is 0 Å². The van der Waals surface area contributed by atoms with Crippen LogP contribution in [0.4, 0.5) is 5.69 Å². The van der Waals surface area contributed by atoms with Crippen LogP contribution in [-0.4, -0.2) is 28.9 Å². The summed E-state index contributed by atoms with van der Waals surface area (Å²) in [5.74, 6) is -1.34. The van der Waals surface area contributed by atoms with Crippen LogP contribution in [0.5, 0.6) is 0 Å². The zero-order chi connectivity index (χ0) is 10.3. The molecule has 1 amide bonds. The molecular formula is C8H6BNO4. The largest absolute Gasteiger partial charge is 0.488 e. The molecule has 0 saturated carbocycles. The van der Waals surface area contributed by atoms with Gasteiger partial charge in [0.2, 0.25) is 0 Å². The fourth-order valence-electron chi connectivity index (χ4n) is 1.32. The van der Waals surface area contributed by atoms with E-state index in [1.54, 1.807) is 0 Å². The highest BCUT2D eigenvalue weighted by Gasteiger charge is 2.29. The van der Waals surface area contributed by atoms with Crippen LogP contribution < -0.4 is 10.8 Å². The SMILES string of the molecule is O=C1Nc2ccc(B(O)O)cc2C1=O. The van der Waals surface area contributed by atoms with Crippen LogP contribution in [0.25, 0.3) is 0 Å². The van der Waals surface area contributed by atoms with Gasteiger partial charge in [-0.15, -0.1) is 0 Å². The lowest BCUT2D eigenvalue weighted by Crippen LogP contribution is -2.30. The molecule has 2 rings (SSSR count). The third-order valence-corrected chi connectivity index (χ3v) is 2.04. The number of Topliss-reactive ketones (excluding diaryl/α,β-unsaturated/α-hetero) is 1. The van der Waals surface area contributed by atoms with E-state index < -0.39 is 18.8 Å². The lowest BCUT2D eigenvalue weighted by atomic mass is 9.79. The molecule has 70 valence electrons. The van der Waals surface area contributed by atoms with Gasteiger partial charge in [0, 0.05) is 0 Å². The van der Waals surface area contributed by atoms with Crippen LogP contribution >= 0.6 is 0 Å². The van der Waals surface area contributed by atoms with Gasteiger partial charge in [0.05, 0.1) is 11.3 Å². The first kappa shape index (κ1) is 8.92. The van der Waals surface area contributed by atoms with E-state index in [4.69, 9.17) is 10.0 Å². The molecule has 0 saturated heterocycles. The van der Waals surface area contributed by atoms with Crippen molar-refractivity contribution in [2.45, 2.75) is 0 Å². The van der Waals surface area contributed by atoms with Crippen molar-refractivity contribution in [2.24, 2.45) is 0 Å². The number of hydrogen-bond donors (Lipinski definition) is 3. The Hall–Kier alpha value is -1.66. The monoisotopic (exact) mass is 191 g/mol. The van der Waals surface area contributed by atoms with Crippen molar-refractivity contribution >= 4 is 30.0 Å². The molecular weight excluding hydrogens is 185 g/mol. The number of rotatable bonds is 1. The molecule has 0 fully saturated rings. The summed E-state index contributed by atoms with van der Waals surface area (Å²) >= 11 is 0. The molecule has 0 aromatic heterocycles. The molecule has 5 nitrogen and oxygen atoms in total. The van der Waals surface area contributed by atoms with Crippen LogP contribution in [0.15, 0.2) is 18.2 Å². The number of benzene rings is 1. The average Bonchev–Trinajstić information content (AvgIpc) is 2.43. The maximum Gasteiger partial charge on any atom is 0.488 e. The van der Waals surface area contributed by atoms with Gasteiger partial charge in [-0.3, -0.25) is 9.59 Å². The van der Waals surface area contributed by atoms with Crippen LogP contribution in [0, 0.1) is 0 Å². The van der Waals surface area contributed by atoms with Gasteiger partial charge >= 0.3 is 7.12 Å². The van der Waals surface area contributed by atoms with E-state index in [0.29, 0.717) is 5.69 Å². The van der Waals surface area contributed by atoms with Gasteiger partial charge in [-0.2, -0.15) is 0 Å². The van der Waals surface area contributed by atoms with Crippen LogP contribution in [0.2, 0.25) is 0 Å². The predicted molar refractivity (Wildman–Crippen MR) is 49.2 cm³/mol. The summed E-state index contributed by atoms with van der Waals surface area (Å²) in [5, 5.41) is 20.1. The van der Waals surface area contributed by atoms with Crippen molar-refractivity contribution in [1.82, 2.24) is 0 Å². The highest BCUT2D eigenvalue weighted by molar-refractivity contribution is 6.59. The molecule has 1 heterocycles. The summed E-state index contributed by atoms with van der Waals surface area (Å²) in [5.41, 5.74) is 0.776. The summed E-state index contributed by atoms with van der Waals surface area (Å²) in [4.78, 5) is 22.1. The molecule has 14 heavy (non-hydrogen) atoms. The highest BCUT2D eigenvalue weighted by atomic mass is 16.4. The van der Waals surface area contributed by atoms with Gasteiger partial charge in [0.15, 0.2) is 0 Å². The van der Waals surface area contributed by atoms with Crippen LogP contribution in [0.1, 0.15) is 10.4 Å². The topological polar surface area (TPSA) is 86.6 Å². The quantitative estimate of drug-likeness (QED) is 0.372. The average molecular weight is 191 g/mol. The molecule has 0 spiro atoms. The van der Waals surface area contributed by atoms with Gasteiger partial charge in [-0.1, -0.05) is 6.07 Å². The molecule has 0 bridgehead atoms. The van der Waals surface area contributed by atoms with Gasteiger partial charge < -0.3 is 15.4 Å². The van der Waals surface area contributed by atoms with Crippen LogP contribution in [0.3, 0.4) is 0 Å². The number of ketones is 1. The lowest BCUT2D eigenvalue weighted by Gasteiger charge is -2.01. The molecule has 1 aliphatic heterocycles. The van der Waals surface area contributed by atoms with Crippen molar-refractivity contribution in [3.05, 3.63) is 23.8 Å². The number of carbonyl (C=O) groups is 2. The van der Waals surface area contributed by atoms with E-state index in [9.17, 15) is 9.59 Å². The minimum Gasteiger partial charge on any atom is -0.423 e. The number of carbonyl (C=O) groups excluding carboxylic acids is 2. The first-order chi connectivity index (χ1) is 6.59. The van der Waals surface area contributed by atoms with Gasteiger partial charge in [-0.05, 0) is 17.6 Å². The third-order valence-electron chi connectivity index (χ3n) is 2.04. The molecule has 0 atom stereocenters.